The quantitative estimate of drug-likeness (QED) is 0.319. The van der Waals surface area contributed by atoms with Crippen LogP contribution in [0.4, 0.5) is 5.82 Å². The minimum absolute atomic E-state index is 0.0536. The van der Waals surface area contributed by atoms with Crippen LogP contribution in [0.3, 0.4) is 0 Å². The van der Waals surface area contributed by atoms with Gasteiger partial charge in [-0.15, -0.1) is 0 Å². The third kappa shape index (κ3) is 4.37. The first-order valence-corrected chi connectivity index (χ1v) is 11.9. The van der Waals surface area contributed by atoms with Gasteiger partial charge in [-0.3, -0.25) is 4.79 Å². The fourth-order valence-electron chi connectivity index (χ4n) is 4.77. The van der Waals surface area contributed by atoms with Gasteiger partial charge in [-0.05, 0) is 35.7 Å². The zero-order chi connectivity index (χ0) is 24.4. The topological polar surface area (TPSA) is 86.3 Å². The van der Waals surface area contributed by atoms with Crippen LogP contribution < -0.4 is 10.5 Å². The Labute approximate surface area is 204 Å². The van der Waals surface area contributed by atoms with E-state index < -0.39 is 0 Å². The maximum atomic E-state index is 12.5. The highest BCUT2D eigenvalue weighted by Gasteiger charge is 2.16. The van der Waals surface area contributed by atoms with Crippen molar-refractivity contribution in [1.29, 1.82) is 0 Å². The zero-order valence-corrected chi connectivity index (χ0v) is 20.1. The molecule has 0 unspecified atom stereocenters. The number of hydrogen-bond acceptors (Lipinski definition) is 5. The first-order valence-electron chi connectivity index (χ1n) is 11.9. The molecule has 0 spiro atoms. The van der Waals surface area contributed by atoms with Crippen molar-refractivity contribution >= 4 is 44.4 Å². The second-order valence-corrected chi connectivity index (χ2v) is 8.76. The molecular weight excluding hydrogens is 438 g/mol. The van der Waals surface area contributed by atoms with Gasteiger partial charge in [0.05, 0.1) is 24.5 Å². The smallest absolute Gasteiger partial charge is 0.219 e. The number of rotatable bonds is 8. The van der Waals surface area contributed by atoms with E-state index in [1.54, 1.807) is 14.0 Å². The Balaban J connectivity index is 1.31. The van der Waals surface area contributed by atoms with Gasteiger partial charge in [0, 0.05) is 37.5 Å². The van der Waals surface area contributed by atoms with Gasteiger partial charge in [-0.2, -0.15) is 0 Å². The molecule has 0 saturated carbocycles. The third-order valence-electron chi connectivity index (χ3n) is 6.57. The number of carbonyl (C=O) groups is 1. The SMILES string of the molecule is COc1ccc2ccccc2c1CN(CCCCn1cnc2c(N)nc3ccccc3c21)C(C)=O. The van der Waals surface area contributed by atoms with E-state index in [4.69, 9.17) is 10.5 Å². The number of carbonyl (C=O) groups excluding carboxylic acids is 1. The molecule has 2 aromatic heterocycles. The molecule has 7 heteroatoms. The van der Waals surface area contributed by atoms with Gasteiger partial charge in [0.15, 0.2) is 5.82 Å². The second-order valence-electron chi connectivity index (χ2n) is 8.76. The van der Waals surface area contributed by atoms with Crippen LogP contribution in [0.2, 0.25) is 0 Å². The molecule has 0 radical (unpaired) electrons. The predicted molar refractivity (Wildman–Crippen MR) is 140 cm³/mol. The highest BCUT2D eigenvalue weighted by Crippen LogP contribution is 2.30. The van der Waals surface area contributed by atoms with Gasteiger partial charge in [0.25, 0.3) is 0 Å². The van der Waals surface area contributed by atoms with Crippen molar-refractivity contribution in [3.05, 3.63) is 72.6 Å². The van der Waals surface area contributed by atoms with Gasteiger partial charge in [0.2, 0.25) is 5.91 Å². The van der Waals surface area contributed by atoms with Crippen molar-refractivity contribution in [1.82, 2.24) is 19.4 Å². The lowest BCUT2D eigenvalue weighted by atomic mass is 10.0. The summed E-state index contributed by atoms with van der Waals surface area (Å²) in [6, 6.07) is 20.2. The molecule has 5 aromatic rings. The van der Waals surface area contributed by atoms with Crippen LogP contribution in [-0.4, -0.2) is 39.0 Å². The highest BCUT2D eigenvalue weighted by atomic mass is 16.5. The summed E-state index contributed by atoms with van der Waals surface area (Å²) in [5.41, 5.74) is 9.81. The Kier molecular flexibility index (Phi) is 6.23. The molecule has 5 rings (SSSR count). The third-order valence-corrected chi connectivity index (χ3v) is 6.57. The number of nitrogens with zero attached hydrogens (tertiary/aromatic N) is 4. The van der Waals surface area contributed by atoms with Crippen molar-refractivity contribution in [2.45, 2.75) is 32.9 Å². The van der Waals surface area contributed by atoms with Gasteiger partial charge in [-0.25, -0.2) is 9.97 Å². The second kappa shape index (κ2) is 9.62. The average molecular weight is 468 g/mol. The van der Waals surface area contributed by atoms with Crippen molar-refractivity contribution in [2.24, 2.45) is 0 Å². The number of imidazole rings is 1. The van der Waals surface area contributed by atoms with Gasteiger partial charge < -0.3 is 19.9 Å². The molecule has 0 aliphatic carbocycles. The Morgan fingerprint density at radius 3 is 2.60 bits per heavy atom. The van der Waals surface area contributed by atoms with E-state index in [2.05, 4.69) is 38.8 Å². The molecule has 3 aromatic carbocycles. The molecule has 178 valence electrons. The highest BCUT2D eigenvalue weighted by molar-refractivity contribution is 6.06. The number of nitrogens with two attached hydrogens (primary N) is 1. The van der Waals surface area contributed by atoms with Crippen LogP contribution in [-0.2, 0) is 17.9 Å². The van der Waals surface area contributed by atoms with Crippen molar-refractivity contribution < 1.29 is 9.53 Å². The Morgan fingerprint density at radius 2 is 1.80 bits per heavy atom. The number of ether oxygens (including phenoxy) is 1. The van der Waals surface area contributed by atoms with Gasteiger partial charge in [-0.1, -0.05) is 48.5 Å². The maximum absolute atomic E-state index is 12.5. The summed E-state index contributed by atoms with van der Waals surface area (Å²) in [4.78, 5) is 23.4. The van der Waals surface area contributed by atoms with E-state index in [-0.39, 0.29) is 5.91 Å². The van der Waals surface area contributed by atoms with Crippen LogP contribution in [0, 0.1) is 0 Å². The summed E-state index contributed by atoms with van der Waals surface area (Å²) in [6.45, 7) is 3.59. The zero-order valence-electron chi connectivity index (χ0n) is 20.1. The first-order chi connectivity index (χ1) is 17.1. The fourth-order valence-corrected chi connectivity index (χ4v) is 4.77. The van der Waals surface area contributed by atoms with Gasteiger partial charge in [0.1, 0.15) is 11.3 Å². The molecule has 0 atom stereocenters. The lowest BCUT2D eigenvalue weighted by Gasteiger charge is -2.23. The van der Waals surface area contributed by atoms with Crippen LogP contribution in [0.5, 0.6) is 5.75 Å². The number of anilines is 1. The normalized spacial score (nSPS) is 11.4. The summed E-state index contributed by atoms with van der Waals surface area (Å²) in [6.07, 6.45) is 3.60. The molecule has 0 bridgehead atoms. The minimum atomic E-state index is 0.0536. The fraction of sp³-hybridized carbons (Fsp3) is 0.250. The summed E-state index contributed by atoms with van der Waals surface area (Å²) >= 11 is 0. The molecule has 2 heterocycles. The number of unbranched alkanes of at least 4 members (excludes halogenated alkanes) is 1. The Morgan fingerprint density at radius 1 is 1.03 bits per heavy atom. The summed E-state index contributed by atoms with van der Waals surface area (Å²) in [7, 11) is 1.67. The molecule has 0 aliphatic heterocycles. The molecule has 1 amide bonds. The minimum Gasteiger partial charge on any atom is -0.496 e. The number of methoxy groups -OCH3 is 1. The summed E-state index contributed by atoms with van der Waals surface area (Å²) in [5.74, 6) is 1.31. The van der Waals surface area contributed by atoms with Gasteiger partial charge >= 0.3 is 0 Å². The van der Waals surface area contributed by atoms with Crippen LogP contribution in [0.1, 0.15) is 25.3 Å². The number of aryl methyl sites for hydroxylation is 1. The largest absolute Gasteiger partial charge is 0.496 e. The van der Waals surface area contributed by atoms with Crippen molar-refractivity contribution in [3.8, 4) is 5.75 Å². The average Bonchev–Trinajstić information content (AvgIpc) is 3.30. The van der Waals surface area contributed by atoms with E-state index in [0.29, 0.717) is 18.9 Å². The molecule has 7 nitrogen and oxygen atoms in total. The monoisotopic (exact) mass is 467 g/mol. The molecule has 0 aliphatic rings. The standard InChI is InChI=1S/C28H29N5O2/c1-19(34)32(17-23-21-10-4-3-9-20(21)13-14-25(23)35-2)15-7-8-16-33-18-30-26-27(33)22-11-5-6-12-24(22)31-28(26)29/h3-6,9-14,18H,7-8,15-17H2,1-2H3,(H2,29,31). The van der Waals surface area contributed by atoms with Crippen LogP contribution >= 0.6 is 0 Å². The van der Waals surface area contributed by atoms with E-state index >= 15 is 0 Å². The van der Waals surface area contributed by atoms with Crippen LogP contribution in [0.15, 0.2) is 67.0 Å². The van der Waals surface area contributed by atoms with Crippen molar-refractivity contribution in [3.63, 3.8) is 0 Å². The molecular formula is C28H29N5O2. The number of aromatic nitrogens is 3. The number of nitrogen functional groups attached to an aromatic ring is 1. The number of amides is 1. The lowest BCUT2D eigenvalue weighted by Crippen LogP contribution is -2.29. The van der Waals surface area contributed by atoms with Crippen molar-refractivity contribution in [2.75, 3.05) is 19.4 Å². The number of hydrogen-bond donors (Lipinski definition) is 1. The van der Waals surface area contributed by atoms with Crippen LogP contribution in [0.25, 0.3) is 32.7 Å². The Bertz CT molecular complexity index is 1520. The molecule has 35 heavy (non-hydrogen) atoms. The molecule has 2 N–H and O–H groups in total. The lowest BCUT2D eigenvalue weighted by molar-refractivity contribution is -0.129. The number of pyridine rings is 1. The maximum Gasteiger partial charge on any atom is 0.219 e. The summed E-state index contributed by atoms with van der Waals surface area (Å²) in [5, 5.41) is 3.29. The summed E-state index contributed by atoms with van der Waals surface area (Å²) < 4.78 is 7.77. The molecule has 0 saturated heterocycles. The predicted octanol–water partition coefficient (Wildman–Crippen LogP) is 5.16. The number of benzene rings is 3. The first kappa shape index (κ1) is 22.7. The molecule has 0 fully saturated rings. The van der Waals surface area contributed by atoms with E-state index in [1.807, 2.05) is 47.6 Å². The van der Waals surface area contributed by atoms with E-state index in [0.717, 1.165) is 63.4 Å². The number of para-hydroxylation sites is 1. The number of fused-ring (bicyclic) bond motifs is 4. The Hall–Kier alpha value is -4.13. The van der Waals surface area contributed by atoms with E-state index in [1.165, 1.54) is 0 Å². The van der Waals surface area contributed by atoms with E-state index in [9.17, 15) is 4.79 Å².